The lowest BCUT2D eigenvalue weighted by molar-refractivity contribution is -0.924. The molecule has 1 nitrogen and oxygen atoms in total. The molecule has 1 saturated heterocycles. The smallest absolute Gasteiger partial charge is 0.129 e. The van der Waals surface area contributed by atoms with E-state index in [1.54, 1.807) is 10.4 Å². The van der Waals surface area contributed by atoms with Crippen LogP contribution >= 0.6 is 0 Å². The predicted octanol–water partition coefficient (Wildman–Crippen LogP) is 4.29. The lowest BCUT2D eigenvalue weighted by Gasteiger charge is -2.48. The van der Waals surface area contributed by atoms with Crippen LogP contribution in [0.15, 0.2) is 60.7 Å². The Balaban J connectivity index is 1.87. The number of benzene rings is 2. The van der Waals surface area contributed by atoms with E-state index in [4.69, 9.17) is 0 Å². The zero-order valence-electron chi connectivity index (χ0n) is 16.1. The molecule has 2 aromatic carbocycles. The molecule has 0 spiro atoms. The van der Waals surface area contributed by atoms with Gasteiger partial charge in [-0.25, -0.2) is 0 Å². The molecule has 1 aliphatic heterocycles. The topological polar surface area (TPSA) is 0 Å². The highest BCUT2D eigenvalue weighted by molar-refractivity contribution is 7.02. The van der Waals surface area contributed by atoms with Crippen LogP contribution in [0.2, 0.25) is 12.1 Å². The van der Waals surface area contributed by atoms with Gasteiger partial charge in [-0.05, 0) is 19.8 Å². The zero-order chi connectivity index (χ0) is 17.6. The normalized spacial score (nSPS) is 18.8. The molecule has 3 rings (SSSR count). The summed E-state index contributed by atoms with van der Waals surface area (Å²) in [6.45, 7) is 10.2. The summed E-state index contributed by atoms with van der Waals surface area (Å²) in [6, 6.07) is 25.7. The predicted molar refractivity (Wildman–Crippen MR) is 112 cm³/mol. The fourth-order valence-electron chi connectivity index (χ4n) is 4.75. The SMILES string of the molecule is CCCCC[N+]1(CC)CC[Si](c2ccccc2)(c2ccccc2)CC1. The number of unbranched alkanes of at least 4 members (excludes halogenated alkanes) is 2. The number of hydrogen-bond donors (Lipinski definition) is 0. The van der Waals surface area contributed by atoms with Crippen LogP contribution < -0.4 is 10.4 Å². The summed E-state index contributed by atoms with van der Waals surface area (Å²) in [5, 5.41) is 3.28. The van der Waals surface area contributed by atoms with Gasteiger partial charge in [0.25, 0.3) is 0 Å². The third kappa shape index (κ3) is 3.90. The monoisotopic (exact) mass is 352 g/mol. The van der Waals surface area contributed by atoms with Gasteiger partial charge in [0.15, 0.2) is 0 Å². The third-order valence-corrected chi connectivity index (χ3v) is 11.6. The summed E-state index contributed by atoms with van der Waals surface area (Å²) in [5.74, 6) is 0. The van der Waals surface area contributed by atoms with Gasteiger partial charge < -0.3 is 4.48 Å². The molecule has 0 amide bonds. The van der Waals surface area contributed by atoms with Crippen molar-refractivity contribution in [3.63, 3.8) is 0 Å². The van der Waals surface area contributed by atoms with Gasteiger partial charge in [-0.15, -0.1) is 0 Å². The molecule has 2 aromatic rings. The van der Waals surface area contributed by atoms with Gasteiger partial charge in [-0.1, -0.05) is 84.4 Å². The number of rotatable bonds is 7. The van der Waals surface area contributed by atoms with Crippen molar-refractivity contribution in [2.75, 3.05) is 26.2 Å². The first-order valence-corrected chi connectivity index (χ1v) is 12.6. The van der Waals surface area contributed by atoms with Crippen molar-refractivity contribution in [3.05, 3.63) is 60.7 Å². The zero-order valence-corrected chi connectivity index (χ0v) is 17.1. The molecule has 0 bridgehead atoms. The number of nitrogens with zero attached hydrogens (tertiary/aromatic N) is 1. The van der Waals surface area contributed by atoms with Crippen LogP contribution in [-0.4, -0.2) is 38.7 Å². The minimum absolute atomic E-state index is 1.30. The summed E-state index contributed by atoms with van der Waals surface area (Å²) >= 11 is 0. The van der Waals surface area contributed by atoms with E-state index in [2.05, 4.69) is 74.5 Å². The van der Waals surface area contributed by atoms with Crippen LogP contribution in [0, 0.1) is 0 Å². The molecule has 0 aromatic heterocycles. The molecular formula is C23H34NSi+. The fourth-order valence-corrected chi connectivity index (χ4v) is 9.86. The van der Waals surface area contributed by atoms with Gasteiger partial charge in [-0.2, -0.15) is 0 Å². The Hall–Kier alpha value is -1.38. The highest BCUT2D eigenvalue weighted by Gasteiger charge is 2.45. The van der Waals surface area contributed by atoms with Gasteiger partial charge in [0.1, 0.15) is 8.07 Å². The van der Waals surface area contributed by atoms with Crippen LogP contribution in [0.1, 0.15) is 33.1 Å². The first-order valence-electron chi connectivity index (χ1n) is 10.2. The molecule has 1 heterocycles. The molecule has 1 fully saturated rings. The summed E-state index contributed by atoms with van der Waals surface area (Å²) in [7, 11) is -1.60. The van der Waals surface area contributed by atoms with Gasteiger partial charge in [0.2, 0.25) is 0 Å². The maximum absolute atomic E-state index is 2.41. The molecule has 0 aliphatic carbocycles. The van der Waals surface area contributed by atoms with Crippen LogP contribution in [-0.2, 0) is 0 Å². The van der Waals surface area contributed by atoms with Crippen molar-refractivity contribution in [2.45, 2.75) is 45.2 Å². The van der Waals surface area contributed by atoms with E-state index < -0.39 is 8.07 Å². The summed E-state index contributed by atoms with van der Waals surface area (Å²) in [4.78, 5) is 0. The van der Waals surface area contributed by atoms with Crippen molar-refractivity contribution < 1.29 is 4.48 Å². The van der Waals surface area contributed by atoms with Crippen molar-refractivity contribution in [1.82, 2.24) is 0 Å². The second kappa shape index (κ2) is 8.33. The van der Waals surface area contributed by atoms with Crippen LogP contribution in [0.5, 0.6) is 0 Å². The third-order valence-electron chi connectivity index (χ3n) is 6.59. The molecule has 0 N–H and O–H groups in total. The lowest BCUT2D eigenvalue weighted by atomic mass is 10.2. The molecule has 1 aliphatic rings. The van der Waals surface area contributed by atoms with Crippen molar-refractivity contribution in [1.29, 1.82) is 0 Å². The molecule has 134 valence electrons. The van der Waals surface area contributed by atoms with Crippen LogP contribution in [0.4, 0.5) is 0 Å². The van der Waals surface area contributed by atoms with Gasteiger partial charge >= 0.3 is 0 Å². The first-order chi connectivity index (χ1) is 12.2. The van der Waals surface area contributed by atoms with Crippen LogP contribution in [0.3, 0.4) is 0 Å². The Morgan fingerprint density at radius 1 is 0.760 bits per heavy atom. The molecule has 0 unspecified atom stereocenters. The van der Waals surface area contributed by atoms with E-state index in [0.29, 0.717) is 0 Å². The lowest BCUT2D eigenvalue weighted by Crippen LogP contribution is -2.67. The maximum atomic E-state index is 2.41. The van der Waals surface area contributed by atoms with Crippen molar-refractivity contribution >= 4 is 18.4 Å². The van der Waals surface area contributed by atoms with Crippen molar-refractivity contribution in [2.24, 2.45) is 0 Å². The van der Waals surface area contributed by atoms with E-state index >= 15 is 0 Å². The Labute approximate surface area is 155 Å². The summed E-state index contributed by atoms with van der Waals surface area (Å²) < 4.78 is 1.36. The molecule has 0 radical (unpaired) electrons. The molecule has 25 heavy (non-hydrogen) atoms. The first kappa shape index (κ1) is 18.4. The van der Waals surface area contributed by atoms with E-state index in [1.807, 2.05) is 0 Å². The van der Waals surface area contributed by atoms with Gasteiger partial charge in [-0.3, -0.25) is 0 Å². The molecular weight excluding hydrogens is 318 g/mol. The van der Waals surface area contributed by atoms with E-state index in [0.717, 1.165) is 0 Å². The number of hydrogen-bond acceptors (Lipinski definition) is 0. The van der Waals surface area contributed by atoms with Gasteiger partial charge in [0, 0.05) is 12.1 Å². The maximum Gasteiger partial charge on any atom is 0.129 e. The Morgan fingerprint density at radius 3 is 1.72 bits per heavy atom. The Morgan fingerprint density at radius 2 is 1.28 bits per heavy atom. The highest BCUT2D eigenvalue weighted by atomic mass is 28.3. The largest absolute Gasteiger partial charge is 0.324 e. The van der Waals surface area contributed by atoms with Crippen LogP contribution in [0.25, 0.3) is 0 Å². The molecule has 0 saturated carbocycles. The van der Waals surface area contributed by atoms with E-state index in [1.165, 1.54) is 62.0 Å². The minimum Gasteiger partial charge on any atom is -0.324 e. The highest BCUT2D eigenvalue weighted by Crippen LogP contribution is 2.28. The summed E-state index contributed by atoms with van der Waals surface area (Å²) in [6.07, 6.45) is 4.12. The quantitative estimate of drug-likeness (QED) is 0.396. The molecule has 0 atom stereocenters. The number of quaternary nitrogens is 1. The van der Waals surface area contributed by atoms with E-state index in [-0.39, 0.29) is 0 Å². The standard InChI is InChI=1S/C23H34NSi/c1-3-5-12-17-24(4-2)18-20-25(21-19-24,22-13-8-6-9-14-22)23-15-10-7-11-16-23/h6-11,13-16H,3-5,12,17-21H2,1-2H3/q+1. The Bertz CT molecular complexity index is 588. The minimum atomic E-state index is -1.60. The summed E-state index contributed by atoms with van der Waals surface area (Å²) in [5.41, 5.74) is 0. The second-order valence-electron chi connectivity index (χ2n) is 7.85. The van der Waals surface area contributed by atoms with E-state index in [9.17, 15) is 0 Å². The Kier molecular flexibility index (Phi) is 6.13. The average molecular weight is 353 g/mol. The fraction of sp³-hybridized carbons (Fsp3) is 0.478. The molecule has 2 heteroatoms. The van der Waals surface area contributed by atoms with Gasteiger partial charge in [0.05, 0.1) is 26.2 Å². The van der Waals surface area contributed by atoms with Crippen molar-refractivity contribution in [3.8, 4) is 0 Å². The second-order valence-corrected chi connectivity index (χ2v) is 12.2. The average Bonchev–Trinajstić information content (AvgIpc) is 2.70.